The van der Waals surface area contributed by atoms with Gasteiger partial charge in [-0.15, -0.1) is 0 Å². The molecule has 0 amide bonds. The highest BCUT2D eigenvalue weighted by Crippen LogP contribution is 2.57. The maximum absolute atomic E-state index is 11.5. The number of rotatable bonds is 7. The lowest BCUT2D eigenvalue weighted by Crippen LogP contribution is -2.33. The SMILES string of the molecule is CSc1nc(N)c2ncn([C@@H]3O[C@H](CO[33P](=O)(O)O[33P](=O)(O)O)[C@@H](O)[C@H]3O)c2n1. The van der Waals surface area contributed by atoms with E-state index in [1.54, 1.807) is 6.26 Å². The summed E-state index contributed by atoms with van der Waals surface area (Å²) in [6.45, 7) is -0.817. The van der Waals surface area contributed by atoms with E-state index in [2.05, 4.69) is 23.8 Å². The lowest BCUT2D eigenvalue weighted by molar-refractivity contribution is -0.0503. The molecular weight excluding hydrogens is 460 g/mol. The molecule has 1 aliphatic heterocycles. The molecule has 2 aromatic heterocycles. The molecule has 15 nitrogen and oxygen atoms in total. The number of hydrogen-bond donors (Lipinski definition) is 6. The molecule has 0 saturated carbocycles. The van der Waals surface area contributed by atoms with E-state index in [-0.39, 0.29) is 17.0 Å². The number of nitrogens with zero attached hydrogens (tertiary/aromatic N) is 4. The third kappa shape index (κ3) is 4.95. The molecule has 3 heterocycles. The number of imidazole rings is 1. The lowest BCUT2D eigenvalue weighted by atomic mass is 10.1. The number of fused-ring (bicyclic) bond motifs is 1. The molecule has 7 N–H and O–H groups in total. The summed E-state index contributed by atoms with van der Waals surface area (Å²) in [6.07, 6.45) is -2.66. The zero-order valence-electron chi connectivity index (χ0n) is 14.5. The molecule has 5 atom stereocenters. The smallest absolute Gasteiger partial charge is 0.387 e. The Balaban J connectivity index is 1.80. The monoisotopic (exact) mass is 477 g/mol. The Bertz CT molecular complexity index is 1000. The van der Waals surface area contributed by atoms with Gasteiger partial charge in [-0.3, -0.25) is 9.09 Å². The van der Waals surface area contributed by atoms with Gasteiger partial charge < -0.3 is 35.4 Å². The van der Waals surface area contributed by atoms with E-state index in [4.69, 9.17) is 20.3 Å². The molecule has 0 aromatic carbocycles. The van der Waals surface area contributed by atoms with Crippen molar-refractivity contribution >= 4 is 44.4 Å². The van der Waals surface area contributed by atoms with E-state index < -0.39 is 46.8 Å². The lowest BCUT2D eigenvalue weighted by Gasteiger charge is -2.17. The van der Waals surface area contributed by atoms with Crippen LogP contribution in [0.3, 0.4) is 0 Å². The van der Waals surface area contributed by atoms with Gasteiger partial charge in [0.1, 0.15) is 23.8 Å². The van der Waals surface area contributed by atoms with Crippen LogP contribution in [0.1, 0.15) is 6.23 Å². The van der Waals surface area contributed by atoms with Gasteiger partial charge in [0, 0.05) is 0 Å². The zero-order valence-corrected chi connectivity index (χ0v) is 17.1. The van der Waals surface area contributed by atoms with Crippen molar-refractivity contribution in [3.8, 4) is 0 Å². The standard InChI is InChI=1S/C11H17N5O10P2S/c1-29-11-14-8(12)5-9(15-11)16(3-13-5)10-7(18)6(17)4(25-10)2-24-28(22,23)26-27(19,20)21/h3-4,6-7,10,17-18H,2H2,1H3,(H,22,23)(H2,12,14,15)(H2,19,20,21)/t4-,6-,7-,10-/m1/s1/i27+2,28+2. The van der Waals surface area contributed by atoms with Crippen LogP contribution in [0, 0.1) is 0 Å². The summed E-state index contributed by atoms with van der Waals surface area (Å²) in [5.74, 6) is 0.0989. The number of phosphoric acid groups is 2. The van der Waals surface area contributed by atoms with Crippen LogP contribution >= 0.6 is 27.4 Å². The average Bonchev–Trinajstić information content (AvgIpc) is 3.13. The highest BCUT2D eigenvalue weighted by atomic mass is 33.2. The van der Waals surface area contributed by atoms with Gasteiger partial charge in [-0.1, -0.05) is 11.8 Å². The summed E-state index contributed by atoms with van der Waals surface area (Å²) in [6, 6.07) is 0. The van der Waals surface area contributed by atoms with Gasteiger partial charge in [0.05, 0.1) is 12.9 Å². The molecule has 0 radical (unpaired) electrons. The second-order valence-corrected chi connectivity index (χ2v) is 9.41. The first-order valence-corrected chi connectivity index (χ1v) is 12.0. The second-order valence-electron chi connectivity index (χ2n) is 5.80. The van der Waals surface area contributed by atoms with E-state index in [1.165, 1.54) is 22.7 Å². The van der Waals surface area contributed by atoms with Crippen LogP contribution in [-0.4, -0.2) is 75.6 Å². The first kappa shape index (κ1) is 22.5. The number of hydrogen-bond acceptors (Lipinski definition) is 12. The number of aliphatic hydroxyl groups is 2. The average molecular weight is 477 g/mol. The molecule has 3 rings (SSSR count). The zero-order chi connectivity index (χ0) is 21.6. The Morgan fingerprint density at radius 1 is 1.28 bits per heavy atom. The van der Waals surface area contributed by atoms with Crippen molar-refractivity contribution in [3.05, 3.63) is 6.33 Å². The summed E-state index contributed by atoms with van der Waals surface area (Å²) in [7, 11) is -10.4. The van der Waals surface area contributed by atoms with E-state index in [9.17, 15) is 24.2 Å². The van der Waals surface area contributed by atoms with E-state index >= 15 is 0 Å². The van der Waals surface area contributed by atoms with Crippen molar-refractivity contribution in [2.24, 2.45) is 0 Å². The number of anilines is 1. The van der Waals surface area contributed by atoms with Crippen LogP contribution in [-0.2, 0) is 22.7 Å². The molecule has 1 fully saturated rings. The van der Waals surface area contributed by atoms with Crippen LogP contribution < -0.4 is 5.73 Å². The van der Waals surface area contributed by atoms with Crippen LogP contribution in [0.2, 0.25) is 0 Å². The van der Waals surface area contributed by atoms with Crippen molar-refractivity contribution < 1.29 is 47.6 Å². The molecule has 0 spiro atoms. The molecule has 1 aliphatic rings. The minimum absolute atomic E-state index is 0.0989. The fourth-order valence-corrected chi connectivity index (χ4v) is 4.58. The fourth-order valence-electron chi connectivity index (χ4n) is 2.62. The van der Waals surface area contributed by atoms with E-state index in [0.29, 0.717) is 5.16 Å². The first-order chi connectivity index (χ1) is 13.4. The number of phosphoric ester groups is 1. The Labute approximate surface area is 166 Å². The number of ether oxygens (including phenoxy) is 1. The highest BCUT2D eigenvalue weighted by molar-refractivity contribution is 7.98. The Morgan fingerprint density at radius 3 is 2.59 bits per heavy atom. The van der Waals surface area contributed by atoms with Crippen LogP contribution in [0.4, 0.5) is 5.82 Å². The summed E-state index contributed by atoms with van der Waals surface area (Å²) >= 11 is 1.22. The largest absolute Gasteiger partial charge is 0.481 e. The number of thioether (sulfide) groups is 1. The molecule has 0 bridgehead atoms. The van der Waals surface area contributed by atoms with Crippen molar-refractivity contribution in [2.75, 3.05) is 18.6 Å². The highest BCUT2D eigenvalue weighted by Gasteiger charge is 2.46. The van der Waals surface area contributed by atoms with Gasteiger partial charge in [0.15, 0.2) is 22.8 Å². The quantitative estimate of drug-likeness (QED) is 0.159. The molecule has 1 saturated heterocycles. The summed E-state index contributed by atoms with van der Waals surface area (Å²) in [5, 5.41) is 20.8. The Hall–Kier alpha value is -1.16. The molecule has 162 valence electrons. The van der Waals surface area contributed by atoms with E-state index in [0.717, 1.165) is 0 Å². The number of aromatic nitrogens is 4. The number of nitrogens with two attached hydrogens (primary N) is 1. The van der Waals surface area contributed by atoms with Gasteiger partial charge in [-0.05, 0) is 6.26 Å². The van der Waals surface area contributed by atoms with Gasteiger partial charge in [0.2, 0.25) is 0 Å². The van der Waals surface area contributed by atoms with Gasteiger partial charge in [-0.2, -0.15) is 4.31 Å². The van der Waals surface area contributed by atoms with Crippen molar-refractivity contribution in [2.45, 2.75) is 29.7 Å². The normalized spacial score (nSPS) is 27.4. The molecule has 0 aliphatic carbocycles. The fraction of sp³-hybridized carbons (Fsp3) is 0.545. The van der Waals surface area contributed by atoms with E-state index in [1.807, 2.05) is 0 Å². The van der Waals surface area contributed by atoms with Crippen molar-refractivity contribution in [1.29, 1.82) is 0 Å². The second kappa shape index (κ2) is 8.17. The van der Waals surface area contributed by atoms with Crippen molar-refractivity contribution in [3.63, 3.8) is 0 Å². The topological polar surface area (TPSA) is 233 Å². The van der Waals surface area contributed by atoms with Crippen LogP contribution in [0.5, 0.6) is 0 Å². The Kier molecular flexibility index (Phi) is 6.34. The molecule has 2 aromatic rings. The summed E-state index contributed by atoms with van der Waals surface area (Å²) in [4.78, 5) is 38.8. The third-order valence-corrected chi connectivity index (χ3v) is 6.53. The maximum atomic E-state index is 11.5. The Morgan fingerprint density at radius 2 is 1.97 bits per heavy atom. The predicted octanol–water partition coefficient (Wildman–Crippen LogP) is -1.02. The minimum Gasteiger partial charge on any atom is -0.387 e. The molecule has 1 unspecified atom stereocenters. The van der Waals surface area contributed by atoms with Crippen molar-refractivity contribution in [1.82, 2.24) is 19.5 Å². The number of nitrogen functional groups attached to an aromatic ring is 1. The van der Waals surface area contributed by atoms with Gasteiger partial charge in [-0.25, -0.2) is 24.1 Å². The van der Waals surface area contributed by atoms with Crippen LogP contribution in [0.25, 0.3) is 11.2 Å². The third-order valence-electron chi connectivity index (χ3n) is 3.83. The maximum Gasteiger partial charge on any atom is 0.481 e. The predicted molar refractivity (Wildman–Crippen MR) is 96.3 cm³/mol. The van der Waals surface area contributed by atoms with Gasteiger partial charge in [0.25, 0.3) is 0 Å². The van der Waals surface area contributed by atoms with Gasteiger partial charge >= 0.3 is 15.6 Å². The first-order valence-electron chi connectivity index (χ1n) is 7.71. The molecular formula is C11H17N5O10P2S. The summed E-state index contributed by atoms with van der Waals surface area (Å²) < 4.78 is 37.1. The molecule has 18 heteroatoms. The molecule has 29 heavy (non-hydrogen) atoms. The summed E-state index contributed by atoms with van der Waals surface area (Å²) in [5.41, 5.74) is 6.29. The minimum atomic E-state index is -5.30. The van der Waals surface area contributed by atoms with Crippen LogP contribution in [0.15, 0.2) is 11.5 Å². The number of aliphatic hydroxyl groups excluding tert-OH is 2.